The maximum Gasteiger partial charge on any atom is 0.265 e. The van der Waals surface area contributed by atoms with E-state index in [1.54, 1.807) is 7.05 Å². The lowest BCUT2D eigenvalue weighted by atomic mass is 10.1. The number of hydrogen-bond acceptors (Lipinski definition) is 5. The Morgan fingerprint density at radius 1 is 1.27 bits per heavy atom. The van der Waals surface area contributed by atoms with Gasteiger partial charge in [-0.05, 0) is 57.2 Å². The highest BCUT2D eigenvalue weighted by atomic mass is 32.2. The number of hydrazine groups is 1. The molecule has 0 spiro atoms. The first-order valence-electron chi connectivity index (χ1n) is 7.14. The average molecular weight is 326 g/mol. The Hall–Kier alpha value is -1.48. The summed E-state index contributed by atoms with van der Waals surface area (Å²) in [5, 5.41) is 0. The molecule has 0 radical (unpaired) electrons. The van der Waals surface area contributed by atoms with Crippen molar-refractivity contribution in [2.75, 3.05) is 27.2 Å². The second kappa shape index (κ2) is 6.74. The van der Waals surface area contributed by atoms with Crippen LogP contribution in [0.4, 0.5) is 0 Å². The Morgan fingerprint density at radius 2 is 1.82 bits per heavy atom. The zero-order valence-electron chi connectivity index (χ0n) is 12.8. The number of sulfonamides is 1. The van der Waals surface area contributed by atoms with Crippen molar-refractivity contribution in [3.05, 3.63) is 29.8 Å². The summed E-state index contributed by atoms with van der Waals surface area (Å²) >= 11 is 0. The van der Waals surface area contributed by atoms with Crippen LogP contribution in [0.2, 0.25) is 0 Å². The molecule has 8 heteroatoms. The number of hydrogen-bond donors (Lipinski definition) is 2. The van der Waals surface area contributed by atoms with Crippen molar-refractivity contribution in [3.63, 3.8) is 0 Å². The van der Waals surface area contributed by atoms with Gasteiger partial charge in [-0.15, -0.1) is 0 Å². The van der Waals surface area contributed by atoms with Gasteiger partial charge in [0.1, 0.15) is 0 Å². The summed E-state index contributed by atoms with van der Waals surface area (Å²) < 4.78 is 26.7. The highest BCUT2D eigenvalue weighted by molar-refractivity contribution is 7.89. The number of nitrogens with zero attached hydrogens (tertiary/aromatic N) is 2. The molecule has 1 aliphatic heterocycles. The van der Waals surface area contributed by atoms with E-state index in [0.29, 0.717) is 5.56 Å². The molecule has 1 saturated heterocycles. The smallest absolute Gasteiger partial charge is 0.265 e. The largest absolute Gasteiger partial charge is 0.306 e. The van der Waals surface area contributed by atoms with Crippen LogP contribution in [-0.2, 0) is 10.0 Å². The summed E-state index contributed by atoms with van der Waals surface area (Å²) in [6.07, 6.45) is 1.64. The van der Waals surface area contributed by atoms with Crippen molar-refractivity contribution < 1.29 is 13.2 Å². The predicted molar refractivity (Wildman–Crippen MR) is 83.6 cm³/mol. The van der Waals surface area contributed by atoms with Crippen molar-refractivity contribution in [2.45, 2.75) is 23.8 Å². The Balaban J connectivity index is 2.17. The van der Waals surface area contributed by atoms with Gasteiger partial charge in [0.25, 0.3) is 5.91 Å². The first-order chi connectivity index (χ1) is 10.4. The number of carbonyl (C=O) groups is 1. The number of rotatable bonds is 4. The maximum atomic E-state index is 12.7. The van der Waals surface area contributed by atoms with Gasteiger partial charge in [-0.1, -0.05) is 0 Å². The van der Waals surface area contributed by atoms with E-state index in [-0.39, 0.29) is 10.9 Å². The van der Waals surface area contributed by atoms with Crippen LogP contribution in [0.25, 0.3) is 0 Å². The van der Waals surface area contributed by atoms with Crippen molar-refractivity contribution in [1.82, 2.24) is 14.6 Å². The molecule has 0 atom stereocenters. The van der Waals surface area contributed by atoms with E-state index < -0.39 is 15.9 Å². The molecule has 1 aliphatic rings. The van der Waals surface area contributed by atoms with Crippen molar-refractivity contribution in [3.8, 4) is 0 Å². The quantitative estimate of drug-likeness (QED) is 0.461. The first kappa shape index (κ1) is 16.9. The highest BCUT2D eigenvalue weighted by Gasteiger charge is 2.30. The van der Waals surface area contributed by atoms with Gasteiger partial charge in [0.05, 0.1) is 4.90 Å². The minimum absolute atomic E-state index is 0.00761. The second-order valence-electron chi connectivity index (χ2n) is 5.55. The zero-order chi connectivity index (χ0) is 16.3. The Morgan fingerprint density at radius 3 is 2.32 bits per heavy atom. The molecule has 0 saturated carbocycles. The minimum atomic E-state index is -3.55. The van der Waals surface area contributed by atoms with Gasteiger partial charge in [-0.2, -0.15) is 4.31 Å². The van der Waals surface area contributed by atoms with Crippen LogP contribution in [0.5, 0.6) is 0 Å². The Kier molecular flexibility index (Phi) is 5.17. The summed E-state index contributed by atoms with van der Waals surface area (Å²) in [6, 6.07) is 5.79. The molecule has 3 N–H and O–H groups in total. The van der Waals surface area contributed by atoms with Crippen LogP contribution in [0.3, 0.4) is 0 Å². The number of piperidine rings is 1. The SMILES string of the molecule is CN1CCC(N(C)S(=O)(=O)c2ccc(C(=O)NN)cc2)CC1. The van der Waals surface area contributed by atoms with E-state index >= 15 is 0 Å². The molecular weight excluding hydrogens is 304 g/mol. The molecule has 1 aromatic carbocycles. The summed E-state index contributed by atoms with van der Waals surface area (Å²) in [5.74, 6) is 4.60. The molecule has 1 aromatic rings. The minimum Gasteiger partial charge on any atom is -0.306 e. The molecular formula is C14H22N4O3S. The molecule has 122 valence electrons. The summed E-state index contributed by atoms with van der Waals surface area (Å²) in [4.78, 5) is 13.8. The van der Waals surface area contributed by atoms with E-state index in [4.69, 9.17) is 5.84 Å². The molecule has 7 nitrogen and oxygen atoms in total. The fourth-order valence-corrected chi connectivity index (χ4v) is 4.00. The number of benzene rings is 1. The molecule has 0 aromatic heterocycles. The van der Waals surface area contributed by atoms with E-state index in [1.165, 1.54) is 28.6 Å². The third kappa shape index (κ3) is 3.46. The van der Waals surface area contributed by atoms with Crippen LogP contribution in [0.15, 0.2) is 29.2 Å². The van der Waals surface area contributed by atoms with Crippen LogP contribution in [0.1, 0.15) is 23.2 Å². The van der Waals surface area contributed by atoms with Gasteiger partial charge in [0.15, 0.2) is 0 Å². The molecule has 2 rings (SSSR count). The zero-order valence-corrected chi connectivity index (χ0v) is 13.6. The fraction of sp³-hybridized carbons (Fsp3) is 0.500. The van der Waals surface area contributed by atoms with Crippen molar-refractivity contribution in [1.29, 1.82) is 0 Å². The lowest BCUT2D eigenvalue weighted by Crippen LogP contribution is -2.44. The normalized spacial score (nSPS) is 17.6. The first-order valence-corrected chi connectivity index (χ1v) is 8.58. The maximum absolute atomic E-state index is 12.7. The molecule has 1 heterocycles. The number of nitrogens with two attached hydrogens (primary N) is 1. The van der Waals surface area contributed by atoms with Gasteiger partial charge < -0.3 is 4.90 Å². The average Bonchev–Trinajstić information content (AvgIpc) is 2.54. The topological polar surface area (TPSA) is 95.7 Å². The summed E-state index contributed by atoms with van der Waals surface area (Å²) in [7, 11) is 0.0971. The van der Waals surface area contributed by atoms with Crippen LogP contribution in [-0.4, -0.2) is 56.8 Å². The van der Waals surface area contributed by atoms with E-state index in [0.717, 1.165) is 25.9 Å². The van der Waals surface area contributed by atoms with Gasteiger partial charge in [0.2, 0.25) is 10.0 Å². The molecule has 0 aliphatic carbocycles. The fourth-order valence-electron chi connectivity index (χ4n) is 2.58. The van der Waals surface area contributed by atoms with E-state index in [9.17, 15) is 13.2 Å². The predicted octanol–water partition coefficient (Wildman–Crippen LogP) is 0.00480. The molecule has 0 bridgehead atoms. The lowest BCUT2D eigenvalue weighted by molar-refractivity contribution is 0.0953. The third-order valence-electron chi connectivity index (χ3n) is 4.13. The lowest BCUT2D eigenvalue weighted by Gasteiger charge is -2.34. The van der Waals surface area contributed by atoms with Gasteiger partial charge in [-0.3, -0.25) is 10.2 Å². The molecule has 0 unspecified atom stereocenters. The van der Waals surface area contributed by atoms with Crippen LogP contribution in [0, 0.1) is 0 Å². The standard InChI is InChI=1S/C14H22N4O3S/c1-17-9-7-12(8-10-17)18(2)22(20,21)13-5-3-11(4-6-13)14(19)16-15/h3-6,12H,7-10,15H2,1-2H3,(H,16,19). The van der Waals surface area contributed by atoms with Gasteiger partial charge in [0, 0.05) is 18.7 Å². The summed E-state index contributed by atoms with van der Waals surface area (Å²) in [5.41, 5.74) is 2.34. The second-order valence-corrected chi connectivity index (χ2v) is 7.55. The number of nitrogens with one attached hydrogen (secondary N) is 1. The van der Waals surface area contributed by atoms with Crippen molar-refractivity contribution in [2.24, 2.45) is 5.84 Å². The monoisotopic (exact) mass is 326 g/mol. The van der Waals surface area contributed by atoms with Gasteiger partial charge in [-0.25, -0.2) is 14.3 Å². The Bertz CT molecular complexity index is 622. The summed E-state index contributed by atoms with van der Waals surface area (Å²) in [6.45, 7) is 1.78. The molecule has 1 fully saturated rings. The number of amides is 1. The third-order valence-corrected chi connectivity index (χ3v) is 6.05. The number of likely N-dealkylation sites (tertiary alicyclic amines) is 1. The van der Waals surface area contributed by atoms with Crippen molar-refractivity contribution >= 4 is 15.9 Å². The number of nitrogen functional groups attached to an aromatic ring is 1. The van der Waals surface area contributed by atoms with Gasteiger partial charge >= 0.3 is 0 Å². The Labute approximate surface area is 131 Å². The van der Waals surface area contributed by atoms with Crippen LogP contribution < -0.4 is 11.3 Å². The molecule has 1 amide bonds. The van der Waals surface area contributed by atoms with E-state index in [2.05, 4.69) is 4.90 Å². The van der Waals surface area contributed by atoms with E-state index in [1.807, 2.05) is 12.5 Å². The molecule has 22 heavy (non-hydrogen) atoms. The van der Waals surface area contributed by atoms with Crippen LogP contribution >= 0.6 is 0 Å². The number of carbonyl (C=O) groups excluding carboxylic acids is 1. The highest BCUT2D eigenvalue weighted by Crippen LogP contribution is 2.22.